The first-order valence-corrected chi connectivity index (χ1v) is 10.1. The lowest BCUT2D eigenvalue weighted by atomic mass is 10.0. The second kappa shape index (κ2) is 7.65. The molecule has 2 atom stereocenters. The molecular formula is C20H15ClN4O3S. The Balaban J connectivity index is 1.85. The molecule has 0 amide bonds. The van der Waals surface area contributed by atoms with Crippen LogP contribution in [0.5, 0.6) is 0 Å². The summed E-state index contributed by atoms with van der Waals surface area (Å²) >= 11 is 4.61. The van der Waals surface area contributed by atoms with Gasteiger partial charge >= 0.3 is 0 Å². The number of non-ortho nitro benzene ring substituents is 1. The highest BCUT2D eigenvalue weighted by atomic mass is 35.5. The third-order valence-corrected chi connectivity index (χ3v) is 6.32. The van der Waals surface area contributed by atoms with Crippen LogP contribution in [-0.2, 0) is 11.2 Å². The molecule has 3 aromatic rings. The number of rotatable bonds is 4. The summed E-state index contributed by atoms with van der Waals surface area (Å²) in [5.41, 5.74) is 1.67. The summed E-state index contributed by atoms with van der Waals surface area (Å²) in [6, 6.07) is 21.1. The highest BCUT2D eigenvalue weighted by Crippen LogP contribution is 2.42. The SMILES string of the molecule is N=C1C(c2ccc([N+](=O)[O-])cc2)N(c2ccccc2Cl)S(=O)N1c1ccccc1. The maximum absolute atomic E-state index is 13.5. The molecular weight excluding hydrogens is 412 g/mol. The number of nitrogens with zero attached hydrogens (tertiary/aromatic N) is 3. The van der Waals surface area contributed by atoms with E-state index in [1.807, 2.05) is 6.07 Å². The van der Waals surface area contributed by atoms with Crippen LogP contribution < -0.4 is 8.61 Å². The second-order valence-electron chi connectivity index (χ2n) is 6.27. The van der Waals surface area contributed by atoms with Crippen molar-refractivity contribution in [3.63, 3.8) is 0 Å². The fourth-order valence-corrected chi connectivity index (χ4v) is 4.95. The molecule has 1 fully saturated rings. The van der Waals surface area contributed by atoms with E-state index in [2.05, 4.69) is 0 Å². The van der Waals surface area contributed by atoms with Gasteiger partial charge in [0.1, 0.15) is 11.9 Å². The van der Waals surface area contributed by atoms with Gasteiger partial charge in [-0.05, 0) is 42.0 Å². The minimum atomic E-state index is -1.76. The van der Waals surface area contributed by atoms with Crippen LogP contribution in [0.3, 0.4) is 0 Å². The van der Waals surface area contributed by atoms with E-state index in [1.165, 1.54) is 16.4 Å². The normalized spacial score (nSPS) is 18.9. The van der Waals surface area contributed by atoms with Crippen LogP contribution in [0.25, 0.3) is 0 Å². The number of nitro groups is 1. The number of hydrogen-bond acceptors (Lipinski definition) is 4. The molecule has 7 nitrogen and oxygen atoms in total. The van der Waals surface area contributed by atoms with E-state index < -0.39 is 22.1 Å². The van der Waals surface area contributed by atoms with Crippen molar-refractivity contribution in [1.82, 2.24) is 0 Å². The molecule has 1 heterocycles. The molecule has 3 aromatic carbocycles. The van der Waals surface area contributed by atoms with Crippen molar-refractivity contribution >= 4 is 45.7 Å². The van der Waals surface area contributed by atoms with Gasteiger partial charge < -0.3 is 0 Å². The maximum Gasteiger partial charge on any atom is 0.269 e. The fourth-order valence-electron chi connectivity index (χ4n) is 3.20. The van der Waals surface area contributed by atoms with Crippen molar-refractivity contribution in [2.45, 2.75) is 6.04 Å². The number of anilines is 2. The summed E-state index contributed by atoms with van der Waals surface area (Å²) in [6.07, 6.45) is 0. The first-order chi connectivity index (χ1) is 14.0. The minimum absolute atomic E-state index is 0.0522. The number of para-hydroxylation sites is 2. The fraction of sp³-hybridized carbons (Fsp3) is 0.0500. The smallest absolute Gasteiger partial charge is 0.269 e. The van der Waals surface area contributed by atoms with Crippen molar-refractivity contribution in [2.24, 2.45) is 0 Å². The summed E-state index contributed by atoms with van der Waals surface area (Å²) in [7, 11) is 0. The predicted octanol–water partition coefficient (Wildman–Crippen LogP) is 4.87. The topological polar surface area (TPSA) is 90.5 Å². The Morgan fingerprint density at radius 3 is 2.21 bits per heavy atom. The van der Waals surface area contributed by atoms with Crippen molar-refractivity contribution in [3.8, 4) is 0 Å². The summed E-state index contributed by atoms with van der Waals surface area (Å²) in [4.78, 5) is 10.5. The van der Waals surface area contributed by atoms with E-state index in [4.69, 9.17) is 17.0 Å². The number of hydrogen-bond donors (Lipinski definition) is 1. The second-order valence-corrected chi connectivity index (χ2v) is 7.90. The Hall–Kier alpha value is -3.23. The maximum atomic E-state index is 13.5. The van der Waals surface area contributed by atoms with Gasteiger partial charge in [0.15, 0.2) is 0 Å². The molecule has 0 spiro atoms. The van der Waals surface area contributed by atoms with Gasteiger partial charge in [-0.15, -0.1) is 0 Å². The number of halogens is 1. The molecule has 0 aromatic heterocycles. The van der Waals surface area contributed by atoms with E-state index in [9.17, 15) is 14.3 Å². The number of benzene rings is 3. The third kappa shape index (κ3) is 3.37. The van der Waals surface area contributed by atoms with Crippen LogP contribution in [0, 0.1) is 15.5 Å². The van der Waals surface area contributed by atoms with Gasteiger partial charge in [0.25, 0.3) is 5.69 Å². The summed E-state index contributed by atoms with van der Waals surface area (Å²) in [5, 5.41) is 20.2. The van der Waals surface area contributed by atoms with E-state index in [-0.39, 0.29) is 11.5 Å². The Morgan fingerprint density at radius 1 is 0.966 bits per heavy atom. The molecule has 9 heteroatoms. The van der Waals surface area contributed by atoms with Gasteiger partial charge in [0.05, 0.1) is 21.3 Å². The van der Waals surface area contributed by atoms with E-state index >= 15 is 0 Å². The third-order valence-electron chi connectivity index (χ3n) is 4.54. The van der Waals surface area contributed by atoms with Crippen molar-refractivity contribution in [3.05, 3.63) is 99.6 Å². The van der Waals surface area contributed by atoms with Crippen LogP contribution in [0.4, 0.5) is 17.1 Å². The number of nitro benzene ring substituents is 1. The molecule has 1 N–H and O–H groups in total. The lowest BCUT2D eigenvalue weighted by Gasteiger charge is -2.23. The molecule has 29 heavy (non-hydrogen) atoms. The van der Waals surface area contributed by atoms with Crippen molar-refractivity contribution in [2.75, 3.05) is 8.61 Å². The Labute approximate surface area is 174 Å². The molecule has 146 valence electrons. The van der Waals surface area contributed by atoms with Crippen LogP contribution in [0.15, 0.2) is 78.9 Å². The average molecular weight is 427 g/mol. The lowest BCUT2D eigenvalue weighted by molar-refractivity contribution is -0.384. The largest absolute Gasteiger partial charge is 0.285 e. The van der Waals surface area contributed by atoms with E-state index in [0.717, 1.165) is 0 Å². The lowest BCUT2D eigenvalue weighted by Crippen LogP contribution is -2.27. The van der Waals surface area contributed by atoms with Gasteiger partial charge in [-0.25, -0.2) is 8.51 Å². The Bertz CT molecular complexity index is 1110. The summed E-state index contributed by atoms with van der Waals surface area (Å²) in [5.74, 6) is 0.0864. The Kier molecular flexibility index (Phi) is 5.04. The van der Waals surface area contributed by atoms with Gasteiger partial charge in [-0.2, -0.15) is 0 Å². The zero-order chi connectivity index (χ0) is 20.5. The highest BCUT2D eigenvalue weighted by Gasteiger charge is 2.44. The zero-order valence-electron chi connectivity index (χ0n) is 14.9. The van der Waals surface area contributed by atoms with Crippen LogP contribution in [0.1, 0.15) is 11.6 Å². The van der Waals surface area contributed by atoms with Gasteiger partial charge in [0, 0.05) is 12.1 Å². The molecule has 4 rings (SSSR count). The molecule has 0 aliphatic carbocycles. The van der Waals surface area contributed by atoms with Gasteiger partial charge in [-0.1, -0.05) is 41.9 Å². The van der Waals surface area contributed by atoms with Crippen molar-refractivity contribution in [1.29, 1.82) is 5.41 Å². The number of nitrogens with one attached hydrogen (secondary N) is 1. The summed E-state index contributed by atoms with van der Waals surface area (Å²) < 4.78 is 16.5. The first kappa shape index (κ1) is 19.1. The van der Waals surface area contributed by atoms with Crippen LogP contribution in [-0.4, -0.2) is 15.0 Å². The predicted molar refractivity (Wildman–Crippen MR) is 115 cm³/mol. The van der Waals surface area contributed by atoms with E-state index in [0.29, 0.717) is 22.0 Å². The van der Waals surface area contributed by atoms with Crippen LogP contribution in [0.2, 0.25) is 5.02 Å². The van der Waals surface area contributed by atoms with Gasteiger partial charge in [0.2, 0.25) is 11.2 Å². The van der Waals surface area contributed by atoms with Crippen molar-refractivity contribution < 1.29 is 9.13 Å². The molecule has 0 saturated carbocycles. The zero-order valence-corrected chi connectivity index (χ0v) is 16.5. The molecule has 1 aliphatic rings. The quantitative estimate of drug-likeness (QED) is 0.476. The monoisotopic (exact) mass is 426 g/mol. The standard InChI is InChI=1S/C20H15ClN4O3S/c21-17-8-4-5-9-18(17)24-19(14-10-12-16(13-11-14)25(26)27)20(22)23(29(24)28)15-6-2-1-3-7-15/h1-13,19,22H. The summed E-state index contributed by atoms with van der Waals surface area (Å²) in [6.45, 7) is 0. The van der Waals surface area contributed by atoms with Gasteiger partial charge in [-0.3, -0.25) is 19.8 Å². The molecule has 1 saturated heterocycles. The minimum Gasteiger partial charge on any atom is -0.285 e. The van der Waals surface area contributed by atoms with Crippen LogP contribution >= 0.6 is 11.6 Å². The molecule has 0 radical (unpaired) electrons. The Morgan fingerprint density at radius 2 is 1.59 bits per heavy atom. The average Bonchev–Trinajstić information content (AvgIpc) is 2.99. The molecule has 2 unspecified atom stereocenters. The van der Waals surface area contributed by atoms with E-state index in [1.54, 1.807) is 65.0 Å². The first-order valence-electron chi connectivity index (χ1n) is 8.63. The highest BCUT2D eigenvalue weighted by molar-refractivity contribution is 7.89. The molecule has 1 aliphatic heterocycles. The molecule has 0 bridgehead atoms. The number of amidine groups is 1.